The van der Waals surface area contributed by atoms with Gasteiger partial charge in [0.25, 0.3) is 5.91 Å². The number of benzene rings is 1. The van der Waals surface area contributed by atoms with Gasteiger partial charge in [0.05, 0.1) is 16.3 Å². The second kappa shape index (κ2) is 6.34. The van der Waals surface area contributed by atoms with Crippen LogP contribution < -0.4 is 0 Å². The van der Waals surface area contributed by atoms with E-state index in [1.807, 2.05) is 60.7 Å². The molecule has 0 N–H and O–H groups in total. The van der Waals surface area contributed by atoms with Crippen molar-refractivity contribution in [3.05, 3.63) is 45.9 Å². The normalized spacial score (nSPS) is 11.1. The molecule has 3 aromatic rings. The van der Waals surface area contributed by atoms with Crippen LogP contribution in [0.4, 0.5) is 0 Å². The molecule has 2 heterocycles. The van der Waals surface area contributed by atoms with Crippen molar-refractivity contribution in [2.75, 3.05) is 13.1 Å². The van der Waals surface area contributed by atoms with Gasteiger partial charge >= 0.3 is 0 Å². The van der Waals surface area contributed by atoms with Crippen molar-refractivity contribution in [1.29, 1.82) is 0 Å². The lowest BCUT2D eigenvalue weighted by atomic mass is 10.3. The fourth-order valence-electron chi connectivity index (χ4n) is 2.58. The Kier molecular flexibility index (Phi) is 4.41. The number of thiophene rings is 1. The number of rotatable bonds is 4. The Hall–Kier alpha value is -1.85. The van der Waals surface area contributed by atoms with Gasteiger partial charge in [0.15, 0.2) is 0 Å². The summed E-state index contributed by atoms with van der Waals surface area (Å²) in [6.45, 7) is 7.38. The highest BCUT2D eigenvalue weighted by Crippen LogP contribution is 2.31. The average Bonchev–Trinajstić information content (AvgIpc) is 3.10. The molecule has 1 aromatic carbocycles. The number of fused-ring (bicyclic) bond motifs is 1. The van der Waals surface area contributed by atoms with Crippen LogP contribution in [0.25, 0.3) is 15.9 Å². The van der Waals surface area contributed by atoms with Crippen molar-refractivity contribution in [1.82, 2.24) is 14.7 Å². The van der Waals surface area contributed by atoms with Crippen molar-refractivity contribution in [2.45, 2.75) is 20.8 Å². The maximum atomic E-state index is 12.6. The van der Waals surface area contributed by atoms with Gasteiger partial charge in [0.2, 0.25) is 0 Å². The summed E-state index contributed by atoms with van der Waals surface area (Å²) in [5, 5.41) is 6.31. The van der Waals surface area contributed by atoms with E-state index in [9.17, 15) is 4.79 Å². The van der Waals surface area contributed by atoms with Crippen LogP contribution in [0.5, 0.6) is 0 Å². The molecule has 3 rings (SSSR count). The number of aryl methyl sites for hydroxylation is 1. The summed E-state index contributed by atoms with van der Waals surface area (Å²) < 4.78 is 1.88. The summed E-state index contributed by atoms with van der Waals surface area (Å²) in [6, 6.07) is 9.50. The molecule has 4 nitrogen and oxygen atoms in total. The maximum absolute atomic E-state index is 12.6. The third-order valence-electron chi connectivity index (χ3n) is 3.88. The molecule has 0 bridgehead atoms. The molecule has 0 saturated heterocycles. The molecular weight excluding hydrogens is 330 g/mol. The summed E-state index contributed by atoms with van der Waals surface area (Å²) in [6.07, 6.45) is 0. The molecular formula is C17H18ClN3OS. The van der Waals surface area contributed by atoms with Crippen LogP contribution in [0.15, 0.2) is 30.3 Å². The number of aromatic nitrogens is 2. The third kappa shape index (κ3) is 2.86. The minimum atomic E-state index is 0.0817. The van der Waals surface area contributed by atoms with Crippen LogP contribution in [-0.4, -0.2) is 33.7 Å². The number of carbonyl (C=O) groups is 1. The van der Waals surface area contributed by atoms with E-state index in [1.54, 1.807) is 0 Å². The molecule has 120 valence electrons. The molecule has 0 fully saturated rings. The van der Waals surface area contributed by atoms with E-state index in [2.05, 4.69) is 5.10 Å². The highest BCUT2D eigenvalue weighted by Gasteiger charge is 2.19. The lowest BCUT2D eigenvalue weighted by Crippen LogP contribution is -2.29. The lowest BCUT2D eigenvalue weighted by molar-refractivity contribution is 0.0778. The fraction of sp³-hybridized carbons (Fsp3) is 0.294. The van der Waals surface area contributed by atoms with E-state index >= 15 is 0 Å². The second-order valence-electron chi connectivity index (χ2n) is 5.28. The minimum absolute atomic E-state index is 0.0817. The number of halogens is 1. The summed E-state index contributed by atoms with van der Waals surface area (Å²) in [7, 11) is 0. The summed E-state index contributed by atoms with van der Waals surface area (Å²) in [5.74, 6) is 0.0817. The van der Waals surface area contributed by atoms with E-state index in [-0.39, 0.29) is 5.91 Å². The Bertz CT molecular complexity index is 847. The van der Waals surface area contributed by atoms with Crippen LogP contribution in [0.3, 0.4) is 0 Å². The van der Waals surface area contributed by atoms with Crippen LogP contribution in [0, 0.1) is 6.92 Å². The lowest BCUT2D eigenvalue weighted by Gasteiger charge is -2.17. The van der Waals surface area contributed by atoms with Crippen LogP contribution in [-0.2, 0) is 0 Å². The van der Waals surface area contributed by atoms with Gasteiger partial charge in [0, 0.05) is 23.5 Å². The number of hydrogen-bond donors (Lipinski definition) is 0. The molecule has 0 spiro atoms. The predicted octanol–water partition coefficient (Wildman–Crippen LogP) is 4.53. The second-order valence-corrected chi connectivity index (χ2v) is 6.75. The molecule has 0 aliphatic heterocycles. The smallest absolute Gasteiger partial charge is 0.264 e. The van der Waals surface area contributed by atoms with Gasteiger partial charge in [-0.1, -0.05) is 11.6 Å². The van der Waals surface area contributed by atoms with Gasteiger partial charge in [0.1, 0.15) is 4.83 Å². The number of carbonyl (C=O) groups excluding carboxylic acids is 1. The maximum Gasteiger partial charge on any atom is 0.264 e. The van der Waals surface area contributed by atoms with Gasteiger partial charge in [-0.05, 0) is 51.1 Å². The van der Waals surface area contributed by atoms with E-state index in [4.69, 9.17) is 11.6 Å². The molecule has 0 saturated carbocycles. The number of hydrogen-bond acceptors (Lipinski definition) is 3. The van der Waals surface area contributed by atoms with Crippen molar-refractivity contribution >= 4 is 39.1 Å². The van der Waals surface area contributed by atoms with Crippen molar-refractivity contribution in [3.8, 4) is 5.69 Å². The van der Waals surface area contributed by atoms with Gasteiger partial charge in [-0.3, -0.25) is 4.79 Å². The van der Waals surface area contributed by atoms with Crippen molar-refractivity contribution < 1.29 is 4.79 Å². The van der Waals surface area contributed by atoms with E-state index in [0.29, 0.717) is 18.1 Å². The summed E-state index contributed by atoms with van der Waals surface area (Å²) >= 11 is 7.44. The van der Waals surface area contributed by atoms with Crippen LogP contribution in [0.1, 0.15) is 29.2 Å². The Morgan fingerprint density at radius 1 is 1.26 bits per heavy atom. The van der Waals surface area contributed by atoms with Crippen molar-refractivity contribution in [2.24, 2.45) is 0 Å². The molecule has 6 heteroatoms. The first-order valence-electron chi connectivity index (χ1n) is 7.59. The highest BCUT2D eigenvalue weighted by molar-refractivity contribution is 7.20. The van der Waals surface area contributed by atoms with Crippen molar-refractivity contribution in [3.63, 3.8) is 0 Å². The summed E-state index contributed by atoms with van der Waals surface area (Å²) in [5.41, 5.74) is 1.86. The molecule has 0 atom stereocenters. The zero-order valence-electron chi connectivity index (χ0n) is 13.3. The standard InChI is InChI=1S/C17H18ClN3OS/c1-4-20(5-2)16(22)15-10-14-11(3)19-21(17(14)23-15)13-8-6-12(18)7-9-13/h6-10H,4-5H2,1-3H3. The zero-order chi connectivity index (χ0) is 16.6. The van der Waals surface area contributed by atoms with Gasteiger partial charge in [-0.25, -0.2) is 4.68 Å². The molecule has 0 aliphatic rings. The molecule has 1 amide bonds. The Labute approximate surface area is 144 Å². The molecule has 0 radical (unpaired) electrons. The highest BCUT2D eigenvalue weighted by atomic mass is 35.5. The van der Waals surface area contributed by atoms with E-state index in [0.717, 1.165) is 26.5 Å². The fourth-order valence-corrected chi connectivity index (χ4v) is 3.85. The number of nitrogens with zero attached hydrogens (tertiary/aromatic N) is 3. The van der Waals surface area contributed by atoms with E-state index in [1.165, 1.54) is 11.3 Å². The Balaban J connectivity index is 2.08. The molecule has 0 unspecified atom stereocenters. The van der Waals surface area contributed by atoms with E-state index < -0.39 is 0 Å². The first kappa shape index (κ1) is 16.0. The largest absolute Gasteiger partial charge is 0.339 e. The third-order valence-corrected chi connectivity index (χ3v) is 5.23. The Morgan fingerprint density at radius 3 is 2.52 bits per heavy atom. The monoisotopic (exact) mass is 347 g/mol. The molecule has 23 heavy (non-hydrogen) atoms. The Morgan fingerprint density at radius 2 is 1.91 bits per heavy atom. The quantitative estimate of drug-likeness (QED) is 0.695. The summed E-state index contributed by atoms with van der Waals surface area (Å²) in [4.78, 5) is 16.1. The molecule has 0 aliphatic carbocycles. The van der Waals surface area contributed by atoms with Crippen LogP contribution >= 0.6 is 22.9 Å². The zero-order valence-corrected chi connectivity index (χ0v) is 14.9. The minimum Gasteiger partial charge on any atom is -0.339 e. The first-order chi connectivity index (χ1) is 11.0. The SMILES string of the molecule is CCN(CC)C(=O)c1cc2c(C)nn(-c3ccc(Cl)cc3)c2s1. The molecule has 2 aromatic heterocycles. The van der Waals surface area contributed by atoms with Crippen LogP contribution in [0.2, 0.25) is 5.02 Å². The average molecular weight is 348 g/mol. The predicted molar refractivity (Wildman–Crippen MR) is 95.9 cm³/mol. The van der Waals surface area contributed by atoms with Gasteiger partial charge in [-0.2, -0.15) is 5.10 Å². The number of amides is 1. The first-order valence-corrected chi connectivity index (χ1v) is 8.79. The topological polar surface area (TPSA) is 38.1 Å². The van der Waals surface area contributed by atoms with Gasteiger partial charge < -0.3 is 4.90 Å². The van der Waals surface area contributed by atoms with Gasteiger partial charge in [-0.15, -0.1) is 11.3 Å².